The Labute approximate surface area is 81.0 Å². The standard InChI is InChI=1S/C3H8N2O.2ClH.Pt/c4-1-3(6)2-5;;;/h1-2,4-5H2;2*1H;/q;;;+2/p-2. The normalized spacial score (nSPS) is 5.56. The summed E-state index contributed by atoms with van der Waals surface area (Å²) in [6, 6.07) is 0. The maximum absolute atomic E-state index is 9.93. The van der Waals surface area contributed by atoms with Gasteiger partial charge in [0, 0.05) is 0 Å². The molecule has 0 saturated heterocycles. The van der Waals surface area contributed by atoms with Gasteiger partial charge in [0.2, 0.25) is 0 Å². The van der Waals surface area contributed by atoms with Crippen molar-refractivity contribution in [2.75, 3.05) is 13.1 Å². The number of Topliss-reactive ketones (excluding diaryl/α,β-unsaturated/α-hetero) is 1. The van der Waals surface area contributed by atoms with Crippen molar-refractivity contribution in [3.8, 4) is 0 Å². The molecule has 0 aromatic heterocycles. The third kappa shape index (κ3) is 17.7. The van der Waals surface area contributed by atoms with E-state index in [-0.39, 0.29) is 64.8 Å². The molecule has 0 saturated carbocycles. The number of hydrogen-bond donors (Lipinski definition) is 2. The molecule has 0 unspecified atom stereocenters. The molecule has 0 aliphatic rings. The summed E-state index contributed by atoms with van der Waals surface area (Å²) in [5, 5.41) is 0. The van der Waals surface area contributed by atoms with Crippen LogP contribution in [0.25, 0.3) is 0 Å². The first-order valence-corrected chi connectivity index (χ1v) is 1.73. The average molecular weight is 354 g/mol. The molecule has 6 heteroatoms. The van der Waals surface area contributed by atoms with Crippen LogP contribution in [-0.2, 0) is 25.9 Å². The molecule has 0 fully saturated rings. The molecule has 0 aliphatic carbocycles. The molecule has 0 aromatic rings. The van der Waals surface area contributed by atoms with Crippen LogP contribution in [0.3, 0.4) is 0 Å². The van der Waals surface area contributed by atoms with Crippen LogP contribution in [0, 0.1) is 0 Å². The minimum atomic E-state index is -0.102. The summed E-state index contributed by atoms with van der Waals surface area (Å²) >= 11 is 0. The molecule has 0 spiro atoms. The summed E-state index contributed by atoms with van der Waals surface area (Å²) in [6.45, 7) is 0.132. The minimum absolute atomic E-state index is 0. The minimum Gasteiger partial charge on any atom is -1.00 e. The quantitative estimate of drug-likeness (QED) is 0.518. The van der Waals surface area contributed by atoms with Crippen molar-refractivity contribution in [3.05, 3.63) is 0 Å². The van der Waals surface area contributed by atoms with Crippen molar-refractivity contribution >= 4 is 5.78 Å². The summed E-state index contributed by atoms with van der Waals surface area (Å²) in [7, 11) is 0. The van der Waals surface area contributed by atoms with E-state index in [2.05, 4.69) is 0 Å². The number of hydrogen-bond acceptors (Lipinski definition) is 3. The van der Waals surface area contributed by atoms with E-state index in [1.165, 1.54) is 0 Å². The number of carbonyl (C=O) groups is 1. The van der Waals surface area contributed by atoms with Gasteiger partial charge >= 0.3 is 21.1 Å². The van der Waals surface area contributed by atoms with E-state index in [0.717, 1.165) is 0 Å². The number of rotatable bonds is 2. The van der Waals surface area contributed by atoms with Gasteiger partial charge in [0.1, 0.15) is 0 Å². The van der Waals surface area contributed by atoms with Gasteiger partial charge in [0.05, 0.1) is 13.1 Å². The van der Waals surface area contributed by atoms with Crippen LogP contribution in [0.4, 0.5) is 0 Å². The first kappa shape index (κ1) is 22.5. The van der Waals surface area contributed by atoms with E-state index in [1.807, 2.05) is 0 Å². The van der Waals surface area contributed by atoms with Gasteiger partial charge in [-0.3, -0.25) is 4.79 Å². The van der Waals surface area contributed by atoms with Crippen LogP contribution in [-0.4, -0.2) is 18.9 Å². The molecule has 0 radical (unpaired) electrons. The fourth-order valence-corrected chi connectivity index (χ4v) is 0.0833. The maximum Gasteiger partial charge on any atom is 2.00 e. The van der Waals surface area contributed by atoms with Crippen LogP contribution in [0.15, 0.2) is 0 Å². The van der Waals surface area contributed by atoms with Crippen molar-refractivity contribution in [3.63, 3.8) is 0 Å². The van der Waals surface area contributed by atoms with Gasteiger partial charge in [-0.15, -0.1) is 0 Å². The van der Waals surface area contributed by atoms with E-state index in [0.29, 0.717) is 0 Å². The Hall–Kier alpha value is 0.858. The third-order valence-electron chi connectivity index (χ3n) is 0.455. The molecule has 0 aliphatic heterocycles. The molecule has 0 heterocycles. The van der Waals surface area contributed by atoms with Gasteiger partial charge in [0.25, 0.3) is 0 Å². The summed E-state index contributed by atoms with van der Waals surface area (Å²) in [5.74, 6) is -0.102. The third-order valence-corrected chi connectivity index (χ3v) is 0.455. The Morgan fingerprint density at radius 3 is 1.33 bits per heavy atom. The van der Waals surface area contributed by atoms with E-state index in [4.69, 9.17) is 11.5 Å². The van der Waals surface area contributed by atoms with Crippen molar-refractivity contribution in [2.45, 2.75) is 0 Å². The second-order valence-electron chi connectivity index (χ2n) is 0.947. The Bertz CT molecular complexity index is 57.8. The van der Waals surface area contributed by atoms with Gasteiger partial charge in [0.15, 0.2) is 5.78 Å². The molecule has 0 aromatic carbocycles. The first-order chi connectivity index (χ1) is 2.81. The number of halogens is 2. The van der Waals surface area contributed by atoms with Crippen LogP contribution in [0.5, 0.6) is 0 Å². The number of nitrogens with two attached hydrogens (primary N) is 2. The largest absolute Gasteiger partial charge is 2.00 e. The van der Waals surface area contributed by atoms with Gasteiger partial charge < -0.3 is 36.3 Å². The fourth-order valence-electron chi connectivity index (χ4n) is 0.0833. The van der Waals surface area contributed by atoms with Crippen LogP contribution in [0.1, 0.15) is 0 Å². The van der Waals surface area contributed by atoms with Gasteiger partial charge in [-0.2, -0.15) is 0 Å². The second kappa shape index (κ2) is 15.9. The number of ketones is 1. The topological polar surface area (TPSA) is 69.1 Å². The Morgan fingerprint density at radius 2 is 1.33 bits per heavy atom. The molecular weight excluding hydrogens is 346 g/mol. The molecule has 3 nitrogen and oxygen atoms in total. The summed E-state index contributed by atoms with van der Waals surface area (Å²) in [5.41, 5.74) is 9.71. The maximum atomic E-state index is 9.93. The van der Waals surface area contributed by atoms with Crippen molar-refractivity contribution in [1.82, 2.24) is 0 Å². The zero-order chi connectivity index (χ0) is 4.99. The fraction of sp³-hybridized carbons (Fsp3) is 0.667. The van der Waals surface area contributed by atoms with E-state index in [1.54, 1.807) is 0 Å². The Balaban J connectivity index is -0.0000000417. The Kier molecular flexibility index (Phi) is 39.9. The predicted molar refractivity (Wildman–Crippen MR) is 23.1 cm³/mol. The predicted octanol–water partition coefficient (Wildman–Crippen LogP) is -7.52. The smallest absolute Gasteiger partial charge is 1.00 e. The first-order valence-electron chi connectivity index (χ1n) is 1.73. The van der Waals surface area contributed by atoms with E-state index < -0.39 is 0 Å². The van der Waals surface area contributed by atoms with Crippen molar-refractivity contribution < 1.29 is 50.7 Å². The van der Waals surface area contributed by atoms with Crippen LogP contribution < -0.4 is 36.3 Å². The zero-order valence-corrected chi connectivity index (χ0v) is 8.33. The van der Waals surface area contributed by atoms with Gasteiger partial charge in [-0.25, -0.2) is 0 Å². The molecule has 4 N–H and O–H groups in total. The average Bonchev–Trinajstić information content (AvgIpc) is 1.65. The van der Waals surface area contributed by atoms with Gasteiger partial charge in [-0.05, 0) is 0 Å². The van der Waals surface area contributed by atoms with E-state index >= 15 is 0 Å². The summed E-state index contributed by atoms with van der Waals surface area (Å²) in [6.07, 6.45) is 0. The van der Waals surface area contributed by atoms with Crippen LogP contribution in [0.2, 0.25) is 0 Å². The molecule has 0 amide bonds. The Morgan fingerprint density at radius 1 is 1.11 bits per heavy atom. The van der Waals surface area contributed by atoms with Crippen molar-refractivity contribution in [1.29, 1.82) is 0 Å². The van der Waals surface area contributed by atoms with Gasteiger partial charge in [-0.1, -0.05) is 0 Å². The second-order valence-corrected chi connectivity index (χ2v) is 0.947. The summed E-state index contributed by atoms with van der Waals surface area (Å²) < 4.78 is 0. The number of carbonyl (C=O) groups excluding carboxylic acids is 1. The molecule has 60 valence electrons. The zero-order valence-electron chi connectivity index (χ0n) is 4.55. The van der Waals surface area contributed by atoms with Crippen molar-refractivity contribution in [2.24, 2.45) is 11.5 Å². The molecule has 0 atom stereocenters. The van der Waals surface area contributed by atoms with Crippen LogP contribution >= 0.6 is 0 Å². The molecule has 9 heavy (non-hydrogen) atoms. The van der Waals surface area contributed by atoms with E-state index in [9.17, 15) is 4.79 Å². The molecule has 0 rings (SSSR count). The summed E-state index contributed by atoms with van der Waals surface area (Å²) in [4.78, 5) is 9.93. The monoisotopic (exact) mass is 353 g/mol. The molecule has 0 bridgehead atoms. The SMILES string of the molecule is NCC(=O)CN.[Cl-].[Cl-].[Pt+2]. The molecular formula is C3H8Cl2N2OPt.